The van der Waals surface area contributed by atoms with E-state index in [-0.39, 0.29) is 24.3 Å². The molecule has 0 saturated carbocycles. The highest BCUT2D eigenvalue weighted by Crippen LogP contribution is 2.48. The molecule has 14 rings (SSSR count). The minimum absolute atomic E-state index is 0.0171. The molecule has 0 aliphatic carbocycles. The van der Waals surface area contributed by atoms with Crippen molar-refractivity contribution in [2.45, 2.75) is 62.2 Å². The van der Waals surface area contributed by atoms with Gasteiger partial charge in [-0.25, -0.2) is 0 Å². The molecule has 0 saturated heterocycles. The molecule has 330 valence electrons. The van der Waals surface area contributed by atoms with Gasteiger partial charge in [-0.1, -0.05) is 162 Å². The van der Waals surface area contributed by atoms with Crippen molar-refractivity contribution in [3.63, 3.8) is 0 Å². The van der Waals surface area contributed by atoms with Crippen LogP contribution in [-0.4, -0.2) is 18.0 Å². The Hall–Kier alpha value is -7.34. The predicted octanol–water partition coefficient (Wildman–Crippen LogP) is 12.5. The maximum atomic E-state index is 7.42. The fraction of sp³-hybridized carbons (Fsp3) is 0.129. The third-order valence-electron chi connectivity index (χ3n) is 15.2. The van der Waals surface area contributed by atoms with Gasteiger partial charge in [-0.3, -0.25) is 0 Å². The molecule has 69 heavy (non-hydrogen) atoms. The summed E-state index contributed by atoms with van der Waals surface area (Å²) < 4.78 is 9.87. The minimum atomic E-state index is -0.107. The molecule has 0 spiro atoms. The zero-order chi connectivity index (χ0) is 46.5. The zero-order valence-corrected chi connectivity index (χ0v) is 40.5. The van der Waals surface area contributed by atoms with Gasteiger partial charge in [0.2, 0.25) is 6.71 Å². The Morgan fingerprint density at radius 2 is 0.957 bits per heavy atom. The van der Waals surface area contributed by atoms with Crippen molar-refractivity contribution in [1.29, 1.82) is 0 Å². The van der Waals surface area contributed by atoms with Crippen LogP contribution >= 0.6 is 11.8 Å². The Morgan fingerprint density at radius 3 is 1.62 bits per heavy atom. The molecule has 0 radical (unpaired) electrons. The number of ether oxygens (including phenoxy) is 1. The van der Waals surface area contributed by atoms with Crippen LogP contribution in [0, 0.1) is 0 Å². The quantitative estimate of drug-likeness (QED) is 0.165. The number of fused-ring (bicyclic) bond motifs is 11. The van der Waals surface area contributed by atoms with Gasteiger partial charge >= 0.3 is 0 Å². The van der Waals surface area contributed by atoms with Gasteiger partial charge in [-0.05, 0) is 128 Å². The Labute approximate surface area is 409 Å². The minimum Gasteiger partial charge on any atom is -0.458 e. The third-order valence-corrected chi connectivity index (χ3v) is 16.3. The number of para-hydroxylation sites is 5. The average Bonchev–Trinajstić information content (AvgIpc) is 3.69. The second-order valence-corrected chi connectivity index (χ2v) is 22.4. The molecule has 0 bridgehead atoms. The summed E-state index contributed by atoms with van der Waals surface area (Å²) in [6.07, 6.45) is 0. The lowest BCUT2D eigenvalue weighted by atomic mass is 9.31. The van der Waals surface area contributed by atoms with E-state index in [1.165, 1.54) is 98.3 Å². The molecule has 0 atom stereocenters. The summed E-state index contributed by atoms with van der Waals surface area (Å²) >= 11 is 1.93. The van der Waals surface area contributed by atoms with Crippen molar-refractivity contribution in [3.05, 3.63) is 199 Å². The van der Waals surface area contributed by atoms with Gasteiger partial charge in [-0.15, -0.1) is 0 Å². The number of nitrogens with zero attached hydrogens (tertiary/aromatic N) is 3. The van der Waals surface area contributed by atoms with Crippen LogP contribution in [0.25, 0.3) is 27.5 Å². The number of benzene rings is 9. The normalized spacial score (nSPS) is 14.2. The summed E-state index contributed by atoms with van der Waals surface area (Å²) in [6, 6.07) is 70.4. The van der Waals surface area contributed by atoms with E-state index in [1.807, 2.05) is 11.8 Å². The average molecular weight is 906 g/mol. The highest BCUT2D eigenvalue weighted by atomic mass is 32.2. The van der Waals surface area contributed by atoms with E-state index in [1.54, 1.807) is 0 Å². The largest absolute Gasteiger partial charge is 0.458 e. The van der Waals surface area contributed by atoms with Crippen LogP contribution in [0.2, 0.25) is 0 Å². The Bertz CT molecular complexity index is 3740. The summed E-state index contributed by atoms with van der Waals surface area (Å²) in [4.78, 5) is 7.60. The Kier molecular flexibility index (Phi) is 8.61. The van der Waals surface area contributed by atoms with Gasteiger partial charge in [0.05, 0.1) is 11.0 Å². The molecule has 4 aliphatic heterocycles. The van der Waals surface area contributed by atoms with Crippen molar-refractivity contribution in [2.75, 3.05) is 9.80 Å². The number of hydrogen-bond donors (Lipinski definition) is 0. The van der Waals surface area contributed by atoms with Gasteiger partial charge in [0.15, 0.2) is 0 Å². The molecule has 4 aliphatic rings. The van der Waals surface area contributed by atoms with E-state index in [2.05, 4.69) is 244 Å². The molecular formula is C62H49B2N3OS. The van der Waals surface area contributed by atoms with Gasteiger partial charge in [0, 0.05) is 66.4 Å². The van der Waals surface area contributed by atoms with Crippen molar-refractivity contribution in [1.82, 2.24) is 4.57 Å². The zero-order valence-electron chi connectivity index (χ0n) is 39.7. The number of rotatable bonds is 3. The van der Waals surface area contributed by atoms with Crippen LogP contribution < -0.4 is 47.3 Å². The van der Waals surface area contributed by atoms with E-state index < -0.39 is 0 Å². The van der Waals surface area contributed by atoms with Gasteiger partial charge in [0.1, 0.15) is 11.5 Å². The lowest BCUT2D eigenvalue weighted by Crippen LogP contribution is -2.63. The first kappa shape index (κ1) is 40.7. The Morgan fingerprint density at radius 1 is 0.391 bits per heavy atom. The maximum Gasteiger partial charge on any atom is 0.256 e. The topological polar surface area (TPSA) is 20.6 Å². The maximum absolute atomic E-state index is 7.42. The molecule has 5 heterocycles. The summed E-state index contributed by atoms with van der Waals surface area (Å²) in [5.74, 6) is 1.84. The highest BCUT2D eigenvalue weighted by molar-refractivity contribution is 8.00. The van der Waals surface area contributed by atoms with Crippen molar-refractivity contribution in [2.24, 2.45) is 0 Å². The fourth-order valence-electron chi connectivity index (χ4n) is 11.8. The van der Waals surface area contributed by atoms with Gasteiger partial charge in [-0.2, -0.15) is 0 Å². The SMILES string of the molecule is CC(C)(C)c1cc2c3c(c1)N(c1ccccc1)c1ccccc1B3c1cc3c(cc1O2)N(c1ccccc1)c1cc(C(C)(C)C)cc2c1B3c1ccc(-n3c4ccccc4c4ccccc43)cc1S2. The number of anilines is 6. The summed E-state index contributed by atoms with van der Waals surface area (Å²) in [5.41, 5.74) is 20.8. The van der Waals surface area contributed by atoms with E-state index in [4.69, 9.17) is 4.74 Å². The van der Waals surface area contributed by atoms with E-state index in [0.717, 1.165) is 28.6 Å². The van der Waals surface area contributed by atoms with Crippen LogP contribution in [0.1, 0.15) is 52.7 Å². The number of aromatic nitrogens is 1. The summed E-state index contributed by atoms with van der Waals surface area (Å²) in [6.45, 7) is 13.9. The highest BCUT2D eigenvalue weighted by Gasteiger charge is 2.47. The predicted molar refractivity (Wildman–Crippen MR) is 294 cm³/mol. The first-order valence-corrected chi connectivity index (χ1v) is 25.1. The lowest BCUT2D eigenvalue weighted by molar-refractivity contribution is 0.483. The van der Waals surface area contributed by atoms with Crippen LogP contribution in [0.15, 0.2) is 198 Å². The van der Waals surface area contributed by atoms with E-state index >= 15 is 0 Å². The first-order chi connectivity index (χ1) is 33.5. The smallest absolute Gasteiger partial charge is 0.256 e. The van der Waals surface area contributed by atoms with Crippen molar-refractivity contribution in [3.8, 4) is 17.2 Å². The summed E-state index contributed by atoms with van der Waals surface area (Å²) in [5, 5.41) is 2.54. The molecule has 0 fully saturated rings. The molecular weight excluding hydrogens is 856 g/mol. The molecule has 0 unspecified atom stereocenters. The molecule has 0 amide bonds. The van der Waals surface area contributed by atoms with Crippen LogP contribution in [-0.2, 0) is 10.8 Å². The standard InChI is InChI=1S/C62H49B2N3OS/c1-61(2,3)38-31-53-59-56(33-38)68-55-37-52-47(36-48(55)63(59)45-25-15-18-28-51(45)65(53)40-19-9-7-10-20-40)64-46-30-29-42(67-49-26-16-13-23-43(49)44-24-14-17-27-50(44)67)35-57(46)69-58-34-39(62(4,5)6)32-54(60(58)64)66(52)41-21-11-8-12-22-41/h7-37H,1-6H3. The van der Waals surface area contributed by atoms with E-state index in [0.29, 0.717) is 0 Å². The summed E-state index contributed by atoms with van der Waals surface area (Å²) in [7, 11) is 0. The van der Waals surface area contributed by atoms with Gasteiger partial charge < -0.3 is 19.1 Å². The van der Waals surface area contributed by atoms with E-state index in [9.17, 15) is 0 Å². The lowest BCUT2D eigenvalue weighted by Gasteiger charge is -2.44. The van der Waals surface area contributed by atoms with Crippen molar-refractivity contribution < 1.29 is 4.74 Å². The van der Waals surface area contributed by atoms with Crippen LogP contribution in [0.4, 0.5) is 34.1 Å². The molecule has 4 nitrogen and oxygen atoms in total. The molecule has 10 aromatic rings. The molecule has 1 aromatic heterocycles. The molecule has 9 aromatic carbocycles. The van der Waals surface area contributed by atoms with Crippen molar-refractivity contribution >= 4 is 114 Å². The molecule has 0 N–H and O–H groups in total. The second kappa shape index (κ2) is 14.6. The first-order valence-electron chi connectivity index (χ1n) is 24.3. The number of hydrogen-bond acceptors (Lipinski definition) is 4. The third kappa shape index (κ3) is 5.99. The second-order valence-electron chi connectivity index (χ2n) is 21.3. The van der Waals surface area contributed by atoms with Gasteiger partial charge in [0.25, 0.3) is 6.71 Å². The van der Waals surface area contributed by atoms with Crippen LogP contribution in [0.5, 0.6) is 11.5 Å². The van der Waals surface area contributed by atoms with Crippen LogP contribution in [0.3, 0.4) is 0 Å². The monoisotopic (exact) mass is 905 g/mol. The fourth-order valence-corrected chi connectivity index (χ4v) is 13.1. The Balaban J connectivity index is 1.04. The molecule has 7 heteroatoms.